The summed E-state index contributed by atoms with van der Waals surface area (Å²) in [7, 11) is -2.21. The van der Waals surface area contributed by atoms with E-state index in [9.17, 15) is 13.2 Å². The van der Waals surface area contributed by atoms with Crippen molar-refractivity contribution in [3.8, 4) is 0 Å². The SMILES string of the molecule is COCCNC(=O)CNS(=O)(=O)c1ccc(CN)cc1C. The number of nitrogens with two attached hydrogens (primary N) is 1. The Morgan fingerprint density at radius 1 is 1.38 bits per heavy atom. The third-order valence-corrected chi connectivity index (χ3v) is 4.38. The largest absolute Gasteiger partial charge is 0.383 e. The summed E-state index contributed by atoms with van der Waals surface area (Å²) in [4.78, 5) is 11.6. The number of hydrogen-bond acceptors (Lipinski definition) is 5. The number of aryl methyl sites for hydroxylation is 1. The van der Waals surface area contributed by atoms with Crippen LogP contribution in [0.15, 0.2) is 23.1 Å². The molecule has 118 valence electrons. The second kappa shape index (κ2) is 8.08. The monoisotopic (exact) mass is 315 g/mol. The summed E-state index contributed by atoms with van der Waals surface area (Å²) in [6.45, 7) is 2.42. The van der Waals surface area contributed by atoms with Crippen LogP contribution in [0.5, 0.6) is 0 Å². The van der Waals surface area contributed by atoms with Crippen molar-refractivity contribution in [1.82, 2.24) is 10.0 Å². The van der Waals surface area contributed by atoms with Crippen LogP contribution in [-0.2, 0) is 26.1 Å². The molecule has 7 nitrogen and oxygen atoms in total. The Morgan fingerprint density at radius 2 is 2.10 bits per heavy atom. The molecule has 0 saturated heterocycles. The number of hydrogen-bond donors (Lipinski definition) is 3. The Balaban J connectivity index is 2.67. The zero-order chi connectivity index (χ0) is 15.9. The van der Waals surface area contributed by atoms with E-state index in [2.05, 4.69) is 10.0 Å². The zero-order valence-corrected chi connectivity index (χ0v) is 13.0. The van der Waals surface area contributed by atoms with Crippen LogP contribution in [0, 0.1) is 6.92 Å². The van der Waals surface area contributed by atoms with Gasteiger partial charge in [0.1, 0.15) is 0 Å². The van der Waals surface area contributed by atoms with Crippen molar-refractivity contribution in [3.63, 3.8) is 0 Å². The fourth-order valence-electron chi connectivity index (χ4n) is 1.73. The molecular formula is C13H21N3O4S. The van der Waals surface area contributed by atoms with Gasteiger partial charge in [-0.05, 0) is 24.1 Å². The van der Waals surface area contributed by atoms with Gasteiger partial charge in [-0.15, -0.1) is 0 Å². The van der Waals surface area contributed by atoms with Crippen LogP contribution in [-0.4, -0.2) is 41.1 Å². The van der Waals surface area contributed by atoms with Crippen LogP contribution in [0.4, 0.5) is 0 Å². The van der Waals surface area contributed by atoms with Crippen LogP contribution in [0.1, 0.15) is 11.1 Å². The summed E-state index contributed by atoms with van der Waals surface area (Å²) in [5.74, 6) is -0.410. The normalized spacial score (nSPS) is 11.4. The smallest absolute Gasteiger partial charge is 0.241 e. The average Bonchev–Trinajstić information content (AvgIpc) is 2.45. The Labute approximate surface area is 124 Å². The van der Waals surface area contributed by atoms with Crippen molar-refractivity contribution in [2.45, 2.75) is 18.4 Å². The molecule has 8 heteroatoms. The molecule has 0 spiro atoms. The second-order valence-corrected chi connectivity index (χ2v) is 6.21. The first kappa shape index (κ1) is 17.6. The van der Waals surface area contributed by atoms with E-state index in [0.717, 1.165) is 5.56 Å². The topological polar surface area (TPSA) is 111 Å². The van der Waals surface area contributed by atoms with Gasteiger partial charge in [0.2, 0.25) is 15.9 Å². The minimum atomic E-state index is -3.72. The highest BCUT2D eigenvalue weighted by atomic mass is 32.2. The third-order valence-electron chi connectivity index (χ3n) is 2.82. The average molecular weight is 315 g/mol. The molecule has 0 radical (unpaired) electrons. The Hall–Kier alpha value is -1.48. The molecule has 0 aromatic heterocycles. The van der Waals surface area contributed by atoms with Crippen molar-refractivity contribution in [1.29, 1.82) is 0 Å². The van der Waals surface area contributed by atoms with Crippen LogP contribution < -0.4 is 15.8 Å². The predicted molar refractivity (Wildman–Crippen MR) is 79.1 cm³/mol. The summed E-state index contributed by atoms with van der Waals surface area (Å²) >= 11 is 0. The number of benzene rings is 1. The van der Waals surface area contributed by atoms with Gasteiger partial charge in [0.25, 0.3) is 0 Å². The predicted octanol–water partition coefficient (Wildman–Crippen LogP) is -0.505. The van der Waals surface area contributed by atoms with E-state index in [1.165, 1.54) is 13.2 Å². The van der Waals surface area contributed by atoms with E-state index in [-0.39, 0.29) is 11.4 Å². The highest BCUT2D eigenvalue weighted by Gasteiger charge is 2.17. The molecule has 1 aromatic rings. The van der Waals surface area contributed by atoms with Crippen molar-refractivity contribution in [3.05, 3.63) is 29.3 Å². The van der Waals surface area contributed by atoms with Crippen LogP contribution >= 0.6 is 0 Å². The quantitative estimate of drug-likeness (QED) is 0.560. The number of carbonyl (C=O) groups is 1. The van der Waals surface area contributed by atoms with E-state index in [4.69, 9.17) is 10.5 Å². The maximum Gasteiger partial charge on any atom is 0.241 e. The standard InChI is InChI=1S/C13H21N3O4S/c1-10-7-11(8-14)3-4-12(10)21(18,19)16-9-13(17)15-5-6-20-2/h3-4,7,16H,5-6,8-9,14H2,1-2H3,(H,15,17). The first-order chi connectivity index (χ1) is 9.90. The number of sulfonamides is 1. The van der Waals surface area contributed by atoms with E-state index < -0.39 is 15.9 Å². The van der Waals surface area contributed by atoms with Crippen molar-refractivity contribution in [2.75, 3.05) is 26.8 Å². The Bertz CT molecular complexity index is 587. The first-order valence-electron chi connectivity index (χ1n) is 6.45. The maximum absolute atomic E-state index is 12.1. The Morgan fingerprint density at radius 3 is 2.67 bits per heavy atom. The van der Waals surface area contributed by atoms with Gasteiger partial charge in [-0.25, -0.2) is 13.1 Å². The number of nitrogens with one attached hydrogen (secondary N) is 2. The zero-order valence-electron chi connectivity index (χ0n) is 12.2. The van der Waals surface area contributed by atoms with Gasteiger partial charge in [-0.1, -0.05) is 12.1 Å². The van der Waals surface area contributed by atoms with E-state index in [1.54, 1.807) is 19.1 Å². The summed E-state index contributed by atoms with van der Waals surface area (Å²) in [5, 5.41) is 2.53. The highest BCUT2D eigenvalue weighted by Crippen LogP contribution is 2.16. The van der Waals surface area contributed by atoms with Gasteiger partial charge >= 0.3 is 0 Å². The lowest BCUT2D eigenvalue weighted by atomic mass is 10.1. The summed E-state index contributed by atoms with van der Waals surface area (Å²) < 4.78 is 31.3. The fourth-order valence-corrected chi connectivity index (χ4v) is 2.94. The molecule has 4 N–H and O–H groups in total. The van der Waals surface area contributed by atoms with Crippen molar-refractivity contribution in [2.24, 2.45) is 5.73 Å². The maximum atomic E-state index is 12.1. The number of amides is 1. The summed E-state index contributed by atoms with van der Waals surface area (Å²) in [6.07, 6.45) is 0. The molecule has 0 aliphatic carbocycles. The lowest BCUT2D eigenvalue weighted by Crippen LogP contribution is -2.38. The molecule has 21 heavy (non-hydrogen) atoms. The molecule has 1 amide bonds. The second-order valence-electron chi connectivity index (χ2n) is 4.47. The Kier molecular flexibility index (Phi) is 6.76. The van der Waals surface area contributed by atoms with Crippen LogP contribution in [0.2, 0.25) is 0 Å². The lowest BCUT2D eigenvalue weighted by molar-refractivity contribution is -0.120. The van der Waals surface area contributed by atoms with E-state index >= 15 is 0 Å². The van der Waals surface area contributed by atoms with Crippen LogP contribution in [0.3, 0.4) is 0 Å². The molecule has 1 rings (SSSR count). The van der Waals surface area contributed by atoms with E-state index in [1.807, 2.05) is 0 Å². The molecule has 0 bridgehead atoms. The minimum absolute atomic E-state index is 0.143. The molecular weight excluding hydrogens is 294 g/mol. The number of methoxy groups -OCH3 is 1. The first-order valence-corrected chi connectivity index (χ1v) is 7.94. The van der Waals surface area contributed by atoms with Crippen LogP contribution in [0.25, 0.3) is 0 Å². The molecule has 1 aromatic carbocycles. The van der Waals surface area contributed by atoms with Gasteiger partial charge in [-0.2, -0.15) is 0 Å². The number of carbonyl (C=O) groups excluding carboxylic acids is 1. The molecule has 0 heterocycles. The van der Waals surface area contributed by atoms with Gasteiger partial charge in [0.05, 0.1) is 18.0 Å². The highest BCUT2D eigenvalue weighted by molar-refractivity contribution is 7.89. The van der Waals surface area contributed by atoms with Crippen molar-refractivity contribution < 1.29 is 17.9 Å². The van der Waals surface area contributed by atoms with E-state index in [0.29, 0.717) is 25.3 Å². The molecule has 0 saturated carbocycles. The third kappa shape index (κ3) is 5.43. The molecule has 0 fully saturated rings. The van der Waals surface area contributed by atoms with Gasteiger partial charge in [0, 0.05) is 20.2 Å². The minimum Gasteiger partial charge on any atom is -0.383 e. The number of ether oxygens (including phenoxy) is 1. The van der Waals surface area contributed by atoms with Gasteiger partial charge in [0.15, 0.2) is 0 Å². The van der Waals surface area contributed by atoms with Gasteiger partial charge < -0.3 is 15.8 Å². The lowest BCUT2D eigenvalue weighted by Gasteiger charge is -2.10. The molecule has 0 unspecified atom stereocenters. The van der Waals surface area contributed by atoms with Crippen molar-refractivity contribution >= 4 is 15.9 Å². The molecule has 0 atom stereocenters. The summed E-state index contributed by atoms with van der Waals surface area (Å²) in [6, 6.07) is 4.86. The molecule has 0 aliphatic heterocycles. The summed E-state index contributed by atoms with van der Waals surface area (Å²) in [5.41, 5.74) is 6.94. The van der Waals surface area contributed by atoms with Gasteiger partial charge in [-0.3, -0.25) is 4.79 Å². The molecule has 0 aliphatic rings. The fraction of sp³-hybridized carbons (Fsp3) is 0.462. The number of rotatable bonds is 8.